The molecule has 0 bridgehead atoms. The second-order valence-corrected chi connectivity index (χ2v) is 6.27. The zero-order valence-electron chi connectivity index (χ0n) is 14.4. The van der Waals surface area contributed by atoms with Gasteiger partial charge in [0, 0.05) is 6.42 Å². The highest BCUT2D eigenvalue weighted by molar-refractivity contribution is 5.85. The van der Waals surface area contributed by atoms with Crippen molar-refractivity contribution in [2.45, 2.75) is 32.2 Å². The number of nitrogens with one attached hydrogen (secondary N) is 1. The van der Waals surface area contributed by atoms with E-state index in [9.17, 15) is 4.39 Å². The molecule has 26 heavy (non-hydrogen) atoms. The van der Waals surface area contributed by atoms with Crippen molar-refractivity contribution < 1.29 is 8.91 Å². The van der Waals surface area contributed by atoms with Crippen LogP contribution >= 0.6 is 12.4 Å². The molecule has 0 amide bonds. The molecule has 0 spiro atoms. The van der Waals surface area contributed by atoms with E-state index in [0.29, 0.717) is 29.9 Å². The average molecular weight is 379 g/mol. The first-order valence-corrected chi connectivity index (χ1v) is 8.40. The van der Waals surface area contributed by atoms with Crippen molar-refractivity contribution in [3.63, 3.8) is 0 Å². The van der Waals surface area contributed by atoms with Crippen LogP contribution in [-0.2, 0) is 6.42 Å². The molecule has 3 aromatic rings. The molecule has 138 valence electrons. The Morgan fingerprint density at radius 2 is 2.12 bits per heavy atom. The van der Waals surface area contributed by atoms with Gasteiger partial charge in [0.05, 0.1) is 11.7 Å². The van der Waals surface area contributed by atoms with Crippen LogP contribution in [0.1, 0.15) is 36.0 Å². The minimum Gasteiger partial charge on any atom is -0.332 e. The fraction of sp³-hybridized carbons (Fsp3) is 0.412. The van der Waals surface area contributed by atoms with Crippen LogP contribution in [0.3, 0.4) is 0 Å². The normalized spacial score (nSPS) is 15.0. The molecule has 0 radical (unpaired) electrons. The van der Waals surface area contributed by atoms with Crippen LogP contribution in [0.2, 0.25) is 0 Å². The van der Waals surface area contributed by atoms with Crippen molar-refractivity contribution in [3.05, 3.63) is 47.2 Å². The number of hydrogen-bond donors (Lipinski definition) is 1. The van der Waals surface area contributed by atoms with Gasteiger partial charge in [-0.1, -0.05) is 22.5 Å². The average Bonchev–Trinajstić information content (AvgIpc) is 3.22. The van der Waals surface area contributed by atoms with E-state index >= 15 is 0 Å². The van der Waals surface area contributed by atoms with Crippen molar-refractivity contribution in [3.8, 4) is 11.6 Å². The lowest BCUT2D eigenvalue weighted by Crippen LogP contribution is -2.30. The monoisotopic (exact) mass is 378 g/mol. The highest BCUT2D eigenvalue weighted by Crippen LogP contribution is 2.25. The smallest absolute Gasteiger partial charge is 0.280 e. The molecule has 0 saturated carbocycles. The quantitative estimate of drug-likeness (QED) is 0.751. The third-order valence-corrected chi connectivity index (χ3v) is 4.50. The molecule has 0 aliphatic carbocycles. The van der Waals surface area contributed by atoms with E-state index in [4.69, 9.17) is 4.52 Å². The first kappa shape index (κ1) is 18.5. The third-order valence-electron chi connectivity index (χ3n) is 4.50. The van der Waals surface area contributed by atoms with Gasteiger partial charge in [-0.15, -0.1) is 17.5 Å². The minimum atomic E-state index is -0.276. The first-order valence-electron chi connectivity index (χ1n) is 8.40. The Hall–Kier alpha value is -2.32. The summed E-state index contributed by atoms with van der Waals surface area (Å²) in [6.45, 7) is 3.93. The Bertz CT molecular complexity index is 874. The lowest BCUT2D eigenvalue weighted by Gasteiger charge is -2.23. The summed E-state index contributed by atoms with van der Waals surface area (Å²) in [6, 6.07) is 6.72. The summed E-state index contributed by atoms with van der Waals surface area (Å²) < 4.78 is 20.6. The van der Waals surface area contributed by atoms with Gasteiger partial charge >= 0.3 is 0 Å². The van der Waals surface area contributed by atoms with E-state index in [1.807, 2.05) is 17.7 Å². The van der Waals surface area contributed by atoms with Crippen LogP contribution in [-0.4, -0.2) is 38.2 Å². The SMILES string of the molecule is Cc1c(-c2nc(Cc3cccc(F)c3)no2)nnn1C1CCNCC1.Cl. The van der Waals surface area contributed by atoms with E-state index in [1.54, 1.807) is 6.07 Å². The highest BCUT2D eigenvalue weighted by Gasteiger charge is 2.23. The van der Waals surface area contributed by atoms with Crippen LogP contribution in [0.5, 0.6) is 0 Å². The van der Waals surface area contributed by atoms with Crippen LogP contribution in [0.15, 0.2) is 28.8 Å². The van der Waals surface area contributed by atoms with Crippen LogP contribution in [0.25, 0.3) is 11.6 Å². The van der Waals surface area contributed by atoms with Crippen LogP contribution in [0.4, 0.5) is 4.39 Å². The molecule has 0 unspecified atom stereocenters. The predicted molar refractivity (Wildman–Crippen MR) is 95.6 cm³/mol. The van der Waals surface area contributed by atoms with Crippen molar-refractivity contribution in [1.82, 2.24) is 30.5 Å². The Labute approximate surface area is 156 Å². The summed E-state index contributed by atoms with van der Waals surface area (Å²) >= 11 is 0. The molecule has 1 saturated heterocycles. The Balaban J connectivity index is 0.00000196. The van der Waals surface area contributed by atoms with Gasteiger partial charge in [0.15, 0.2) is 11.5 Å². The molecule has 1 aliphatic heterocycles. The second kappa shape index (κ2) is 7.92. The molecule has 3 heterocycles. The van der Waals surface area contributed by atoms with Gasteiger partial charge in [0.2, 0.25) is 0 Å². The summed E-state index contributed by atoms with van der Waals surface area (Å²) in [7, 11) is 0. The van der Waals surface area contributed by atoms with Crippen LogP contribution < -0.4 is 5.32 Å². The van der Waals surface area contributed by atoms with Gasteiger partial charge in [-0.05, 0) is 50.6 Å². The van der Waals surface area contributed by atoms with Gasteiger partial charge in [-0.2, -0.15) is 4.98 Å². The van der Waals surface area contributed by atoms with E-state index < -0.39 is 0 Å². The number of halogens is 2. The summed E-state index contributed by atoms with van der Waals surface area (Å²) in [5.41, 5.74) is 2.33. The van der Waals surface area contributed by atoms with Crippen LogP contribution in [0, 0.1) is 12.7 Å². The number of rotatable bonds is 4. The molecular weight excluding hydrogens is 359 g/mol. The topological polar surface area (TPSA) is 81.7 Å². The van der Waals surface area contributed by atoms with E-state index in [0.717, 1.165) is 37.2 Å². The van der Waals surface area contributed by atoms with Gasteiger partial charge in [0.25, 0.3) is 5.89 Å². The molecule has 1 aliphatic rings. The largest absolute Gasteiger partial charge is 0.332 e. The van der Waals surface area contributed by atoms with Gasteiger partial charge in [-0.25, -0.2) is 9.07 Å². The Morgan fingerprint density at radius 1 is 1.31 bits per heavy atom. The number of nitrogens with zero attached hydrogens (tertiary/aromatic N) is 5. The molecular formula is C17H20ClFN6O. The second-order valence-electron chi connectivity index (χ2n) is 6.27. The van der Waals surface area contributed by atoms with Gasteiger partial charge in [0.1, 0.15) is 5.82 Å². The third kappa shape index (κ3) is 3.76. The van der Waals surface area contributed by atoms with Gasteiger partial charge in [-0.3, -0.25) is 0 Å². The zero-order chi connectivity index (χ0) is 17.2. The summed E-state index contributed by atoms with van der Waals surface area (Å²) in [4.78, 5) is 4.40. The molecule has 2 aromatic heterocycles. The molecule has 1 aromatic carbocycles. The maximum Gasteiger partial charge on any atom is 0.280 e. The molecule has 0 atom stereocenters. The fourth-order valence-electron chi connectivity index (χ4n) is 3.19. The zero-order valence-corrected chi connectivity index (χ0v) is 15.2. The van der Waals surface area contributed by atoms with Crippen molar-refractivity contribution >= 4 is 12.4 Å². The van der Waals surface area contributed by atoms with Crippen molar-refractivity contribution in [1.29, 1.82) is 0 Å². The summed E-state index contributed by atoms with van der Waals surface area (Å²) in [5, 5.41) is 15.8. The predicted octanol–water partition coefficient (Wildman–Crippen LogP) is 2.71. The lowest BCUT2D eigenvalue weighted by molar-refractivity contribution is 0.333. The summed E-state index contributed by atoms with van der Waals surface area (Å²) in [6.07, 6.45) is 2.46. The van der Waals surface area contributed by atoms with Crippen molar-refractivity contribution in [2.75, 3.05) is 13.1 Å². The van der Waals surface area contributed by atoms with E-state index in [1.165, 1.54) is 12.1 Å². The standard InChI is InChI=1S/C17H19FN6O.ClH/c1-11-16(21-23-24(11)14-5-7-19-8-6-14)17-20-15(22-25-17)10-12-3-2-4-13(18)9-12;/h2-4,9,14,19H,5-8,10H2,1H3;1H. The number of piperidine rings is 1. The first-order chi connectivity index (χ1) is 12.2. The Kier molecular flexibility index (Phi) is 5.63. The number of hydrogen-bond acceptors (Lipinski definition) is 6. The molecule has 1 fully saturated rings. The fourth-order valence-corrected chi connectivity index (χ4v) is 3.19. The Morgan fingerprint density at radius 3 is 2.88 bits per heavy atom. The van der Waals surface area contributed by atoms with E-state index in [-0.39, 0.29) is 18.2 Å². The van der Waals surface area contributed by atoms with Gasteiger partial charge < -0.3 is 9.84 Å². The molecule has 4 rings (SSSR count). The lowest BCUT2D eigenvalue weighted by atomic mass is 10.1. The molecule has 9 heteroatoms. The maximum atomic E-state index is 13.3. The number of aromatic nitrogens is 5. The van der Waals surface area contributed by atoms with E-state index in [2.05, 4.69) is 25.8 Å². The molecule has 7 nitrogen and oxygen atoms in total. The highest BCUT2D eigenvalue weighted by atomic mass is 35.5. The maximum absolute atomic E-state index is 13.3. The summed E-state index contributed by atoms with van der Waals surface area (Å²) in [5.74, 6) is 0.572. The van der Waals surface area contributed by atoms with Crippen molar-refractivity contribution in [2.24, 2.45) is 0 Å². The number of benzene rings is 1. The minimum absolute atomic E-state index is 0. The molecule has 1 N–H and O–H groups in total.